The van der Waals surface area contributed by atoms with Gasteiger partial charge in [0, 0.05) is 12.2 Å². The Kier molecular flexibility index (Phi) is 2.32. The first kappa shape index (κ1) is 8.98. The Hall–Kier alpha value is -1.11. The molecular weight excluding hydrogens is 146 g/mol. The lowest BCUT2D eigenvalue weighted by molar-refractivity contribution is -0.462. The van der Waals surface area contributed by atoms with Gasteiger partial charge in [0.15, 0.2) is 5.71 Å². The second-order valence-electron chi connectivity index (χ2n) is 3.45. The maximum atomic E-state index is 4.00. The van der Waals surface area contributed by atoms with Crippen LogP contribution >= 0.6 is 0 Å². The summed E-state index contributed by atoms with van der Waals surface area (Å²) >= 11 is 0. The third-order valence-corrected chi connectivity index (χ3v) is 2.20. The van der Waals surface area contributed by atoms with Gasteiger partial charge in [-0.15, -0.1) is 0 Å². The van der Waals surface area contributed by atoms with E-state index >= 15 is 0 Å². The molecule has 1 nitrogen and oxygen atoms in total. The van der Waals surface area contributed by atoms with Gasteiger partial charge in [-0.1, -0.05) is 6.58 Å². The van der Waals surface area contributed by atoms with E-state index in [1.807, 2.05) is 0 Å². The molecule has 0 atom stereocenters. The van der Waals surface area contributed by atoms with Crippen LogP contribution in [0.4, 0.5) is 0 Å². The third-order valence-electron chi connectivity index (χ3n) is 2.20. The molecule has 1 aliphatic rings. The fraction of sp³-hybridized carbons (Fsp3) is 0.364. The summed E-state index contributed by atoms with van der Waals surface area (Å²) in [5, 5.41) is 0. The van der Waals surface area contributed by atoms with Crippen LogP contribution in [0.3, 0.4) is 0 Å². The number of rotatable bonds is 0. The van der Waals surface area contributed by atoms with E-state index in [4.69, 9.17) is 0 Å². The van der Waals surface area contributed by atoms with Gasteiger partial charge in [-0.05, 0) is 30.6 Å². The molecule has 0 heterocycles. The average molecular weight is 162 g/mol. The van der Waals surface area contributed by atoms with Crippen LogP contribution in [-0.2, 0) is 0 Å². The molecule has 64 valence electrons. The van der Waals surface area contributed by atoms with Crippen molar-refractivity contribution in [2.75, 3.05) is 14.1 Å². The standard InChI is InChI=1S/C11H16N/c1-8-6-11(12(4)5)7-9(2)10(8)3/h6-7H,3H2,1-2,4-5H3/q+1. The molecule has 0 unspecified atom stereocenters. The van der Waals surface area contributed by atoms with Crippen molar-refractivity contribution >= 4 is 5.71 Å². The van der Waals surface area contributed by atoms with Gasteiger partial charge in [0.25, 0.3) is 0 Å². The van der Waals surface area contributed by atoms with Crippen LogP contribution in [0.2, 0.25) is 0 Å². The molecule has 0 amide bonds. The molecule has 0 saturated heterocycles. The molecule has 0 spiro atoms. The maximum absolute atomic E-state index is 4.00. The van der Waals surface area contributed by atoms with E-state index < -0.39 is 0 Å². The molecule has 1 heteroatoms. The zero-order chi connectivity index (χ0) is 9.30. The van der Waals surface area contributed by atoms with Crippen LogP contribution in [-0.4, -0.2) is 24.4 Å². The Morgan fingerprint density at radius 2 is 1.50 bits per heavy atom. The minimum absolute atomic E-state index is 1.15. The van der Waals surface area contributed by atoms with E-state index in [9.17, 15) is 0 Å². The lowest BCUT2D eigenvalue weighted by Gasteiger charge is -2.11. The van der Waals surface area contributed by atoms with Crippen molar-refractivity contribution in [2.45, 2.75) is 13.8 Å². The second kappa shape index (κ2) is 3.10. The van der Waals surface area contributed by atoms with Gasteiger partial charge in [0.05, 0.1) is 0 Å². The second-order valence-corrected chi connectivity index (χ2v) is 3.45. The van der Waals surface area contributed by atoms with Crippen molar-refractivity contribution in [1.82, 2.24) is 0 Å². The highest BCUT2D eigenvalue weighted by atomic mass is 14.9. The molecule has 0 radical (unpaired) electrons. The Bertz CT molecular complexity index is 286. The fourth-order valence-corrected chi connectivity index (χ4v) is 1.23. The number of hydrogen-bond acceptors (Lipinski definition) is 0. The molecular formula is C11H16N+. The maximum Gasteiger partial charge on any atom is 0.199 e. The molecule has 0 aromatic carbocycles. The molecule has 0 N–H and O–H groups in total. The van der Waals surface area contributed by atoms with Crippen molar-refractivity contribution in [3.05, 3.63) is 35.5 Å². The molecule has 0 fully saturated rings. The largest absolute Gasteiger partial charge is 0.235 e. The number of hydrogen-bond donors (Lipinski definition) is 0. The Morgan fingerprint density at radius 1 is 1.08 bits per heavy atom. The van der Waals surface area contributed by atoms with E-state index in [0.29, 0.717) is 0 Å². The van der Waals surface area contributed by atoms with Gasteiger partial charge in [0.2, 0.25) is 0 Å². The summed E-state index contributed by atoms with van der Waals surface area (Å²) in [6.45, 7) is 8.20. The highest BCUT2D eigenvalue weighted by Gasteiger charge is 2.12. The van der Waals surface area contributed by atoms with Crippen LogP contribution in [0.1, 0.15) is 13.8 Å². The lowest BCUT2D eigenvalue weighted by atomic mass is 9.94. The van der Waals surface area contributed by atoms with Crippen molar-refractivity contribution in [1.29, 1.82) is 0 Å². The smallest absolute Gasteiger partial charge is 0.199 e. The molecule has 0 aliphatic heterocycles. The van der Waals surface area contributed by atoms with Crippen molar-refractivity contribution in [3.63, 3.8) is 0 Å². The molecule has 12 heavy (non-hydrogen) atoms. The quantitative estimate of drug-likeness (QED) is 0.480. The first-order valence-electron chi connectivity index (χ1n) is 4.13. The Labute approximate surface area is 74.4 Å². The zero-order valence-electron chi connectivity index (χ0n) is 8.31. The van der Waals surface area contributed by atoms with E-state index in [0.717, 1.165) is 5.57 Å². The van der Waals surface area contributed by atoms with E-state index in [-0.39, 0.29) is 0 Å². The zero-order valence-corrected chi connectivity index (χ0v) is 8.31. The van der Waals surface area contributed by atoms with Crippen molar-refractivity contribution in [3.8, 4) is 0 Å². The fourth-order valence-electron chi connectivity index (χ4n) is 1.23. The van der Waals surface area contributed by atoms with Gasteiger partial charge in [0.1, 0.15) is 14.1 Å². The predicted octanol–water partition coefficient (Wildman–Crippen LogP) is 2.16. The highest BCUT2D eigenvalue weighted by Crippen LogP contribution is 2.20. The summed E-state index contributed by atoms with van der Waals surface area (Å²) in [6, 6.07) is 0. The third kappa shape index (κ3) is 1.55. The van der Waals surface area contributed by atoms with E-state index in [2.05, 4.69) is 51.2 Å². The molecule has 1 aliphatic carbocycles. The first-order valence-corrected chi connectivity index (χ1v) is 4.13. The molecule has 0 aromatic rings. The van der Waals surface area contributed by atoms with Crippen LogP contribution in [0, 0.1) is 0 Å². The van der Waals surface area contributed by atoms with Crippen molar-refractivity contribution in [2.24, 2.45) is 0 Å². The molecule has 1 rings (SSSR count). The van der Waals surface area contributed by atoms with Gasteiger partial charge in [-0.25, -0.2) is 4.58 Å². The molecule has 0 bridgehead atoms. The summed E-state index contributed by atoms with van der Waals surface area (Å²) in [5.74, 6) is 0. The SMILES string of the molecule is C=C1C(C)=CC(=[N+](C)C)C=C1C. The number of allylic oxidation sites excluding steroid dienone is 5. The van der Waals surface area contributed by atoms with E-state index in [1.54, 1.807) is 0 Å². The van der Waals surface area contributed by atoms with Crippen LogP contribution in [0.5, 0.6) is 0 Å². The normalized spacial score (nSPS) is 17.3. The summed E-state index contributed by atoms with van der Waals surface area (Å²) in [4.78, 5) is 0. The Balaban J connectivity index is 3.17. The average Bonchev–Trinajstić information content (AvgIpc) is 1.99. The summed E-state index contributed by atoms with van der Waals surface area (Å²) < 4.78 is 2.11. The van der Waals surface area contributed by atoms with Gasteiger partial charge in [-0.2, -0.15) is 0 Å². The highest BCUT2D eigenvalue weighted by molar-refractivity contribution is 6.03. The van der Waals surface area contributed by atoms with Crippen LogP contribution in [0.25, 0.3) is 0 Å². The topological polar surface area (TPSA) is 3.01 Å². The monoisotopic (exact) mass is 162 g/mol. The van der Waals surface area contributed by atoms with Crippen LogP contribution < -0.4 is 0 Å². The summed E-state index contributed by atoms with van der Waals surface area (Å²) in [5.41, 5.74) is 4.93. The molecule has 0 aromatic heterocycles. The first-order chi connectivity index (χ1) is 5.52. The lowest BCUT2D eigenvalue weighted by Crippen LogP contribution is -2.12. The minimum Gasteiger partial charge on any atom is -0.235 e. The summed E-state index contributed by atoms with van der Waals surface area (Å²) in [6.07, 6.45) is 4.32. The van der Waals surface area contributed by atoms with Gasteiger partial charge in [-0.3, -0.25) is 0 Å². The van der Waals surface area contributed by atoms with Crippen molar-refractivity contribution < 1.29 is 4.58 Å². The Morgan fingerprint density at radius 3 is 1.83 bits per heavy atom. The van der Waals surface area contributed by atoms with Gasteiger partial charge < -0.3 is 0 Å². The summed E-state index contributed by atoms with van der Waals surface area (Å²) in [7, 11) is 4.11. The minimum atomic E-state index is 1.15. The predicted molar refractivity (Wildman–Crippen MR) is 53.8 cm³/mol. The van der Waals surface area contributed by atoms with Crippen LogP contribution in [0.15, 0.2) is 35.5 Å². The molecule has 0 saturated carbocycles. The van der Waals surface area contributed by atoms with E-state index in [1.165, 1.54) is 16.9 Å². The number of nitrogens with zero attached hydrogens (tertiary/aromatic N) is 1. The van der Waals surface area contributed by atoms with Gasteiger partial charge >= 0.3 is 0 Å².